The minimum atomic E-state index is 0.639. The van der Waals surface area contributed by atoms with Crippen molar-refractivity contribution in [2.24, 2.45) is 11.8 Å². The van der Waals surface area contributed by atoms with E-state index >= 15 is 0 Å². The number of carbonyl (C=O) groups excluding carboxylic acids is 2. The summed E-state index contributed by atoms with van der Waals surface area (Å²) in [5.41, 5.74) is 1.50. The van der Waals surface area contributed by atoms with Gasteiger partial charge in [0.05, 0.1) is 0 Å². The normalized spacial score (nSPS) is 18.8. The second kappa shape index (κ2) is 9.32. The summed E-state index contributed by atoms with van der Waals surface area (Å²) in [7, 11) is 0. The maximum absolute atomic E-state index is 10.1. The fourth-order valence-corrected chi connectivity index (χ4v) is 1.80. The molecule has 1 rings (SSSR count). The first-order valence-electron chi connectivity index (χ1n) is 6.22. The van der Waals surface area contributed by atoms with Crippen LogP contribution >= 0.6 is 0 Å². The van der Waals surface area contributed by atoms with Crippen molar-refractivity contribution in [1.29, 1.82) is 0 Å². The van der Waals surface area contributed by atoms with Crippen LogP contribution in [0.1, 0.15) is 52.9 Å². The highest BCUT2D eigenvalue weighted by Crippen LogP contribution is 2.31. The largest absolute Gasteiger partial charge is 0.303 e. The summed E-state index contributed by atoms with van der Waals surface area (Å²) in [5, 5.41) is 0. The van der Waals surface area contributed by atoms with Gasteiger partial charge in [0.15, 0.2) is 0 Å². The minimum Gasteiger partial charge on any atom is -0.303 e. The zero-order valence-electron chi connectivity index (χ0n) is 10.7. The number of hydrogen-bond donors (Lipinski definition) is 0. The summed E-state index contributed by atoms with van der Waals surface area (Å²) in [6.07, 6.45) is 9.13. The third-order valence-electron chi connectivity index (χ3n) is 2.85. The van der Waals surface area contributed by atoms with Crippen molar-refractivity contribution < 1.29 is 9.59 Å². The van der Waals surface area contributed by atoms with Crippen LogP contribution in [-0.4, -0.2) is 12.6 Å². The molecule has 0 amide bonds. The topological polar surface area (TPSA) is 34.1 Å². The molecule has 1 atom stereocenters. The molecule has 0 heterocycles. The number of rotatable bonds is 5. The quantitative estimate of drug-likeness (QED) is 0.528. The lowest BCUT2D eigenvalue weighted by molar-refractivity contribution is -0.108. The summed E-state index contributed by atoms with van der Waals surface area (Å²) >= 11 is 0. The molecular formula is C14H24O2. The summed E-state index contributed by atoms with van der Waals surface area (Å²) in [5.74, 6) is 1.53. The van der Waals surface area contributed by atoms with Gasteiger partial charge in [-0.15, -0.1) is 0 Å². The average molecular weight is 224 g/mol. The molecule has 1 aliphatic rings. The summed E-state index contributed by atoms with van der Waals surface area (Å²) < 4.78 is 0. The molecule has 1 aliphatic carbocycles. The Labute approximate surface area is 99.1 Å². The third kappa shape index (κ3) is 6.54. The van der Waals surface area contributed by atoms with Crippen LogP contribution < -0.4 is 0 Å². The van der Waals surface area contributed by atoms with Gasteiger partial charge in [-0.1, -0.05) is 32.4 Å². The van der Waals surface area contributed by atoms with Crippen molar-refractivity contribution in [2.75, 3.05) is 0 Å². The van der Waals surface area contributed by atoms with Crippen LogP contribution in [-0.2, 0) is 9.59 Å². The summed E-state index contributed by atoms with van der Waals surface area (Å²) in [6, 6.07) is 0. The van der Waals surface area contributed by atoms with E-state index in [4.69, 9.17) is 0 Å². The van der Waals surface area contributed by atoms with Crippen molar-refractivity contribution >= 4 is 12.6 Å². The Hall–Kier alpha value is -0.920. The fraction of sp³-hybridized carbons (Fsp3) is 0.714. The van der Waals surface area contributed by atoms with Crippen molar-refractivity contribution in [1.82, 2.24) is 0 Å². The van der Waals surface area contributed by atoms with E-state index in [-0.39, 0.29) is 0 Å². The van der Waals surface area contributed by atoms with Crippen LogP contribution in [0.3, 0.4) is 0 Å². The monoisotopic (exact) mass is 224 g/mol. The Kier molecular flexibility index (Phi) is 8.78. The number of allylic oxidation sites excluding steroid dienone is 2. The Morgan fingerprint density at radius 3 is 2.38 bits per heavy atom. The third-order valence-corrected chi connectivity index (χ3v) is 2.85. The lowest BCUT2D eigenvalue weighted by Crippen LogP contribution is -2.00. The molecule has 0 spiro atoms. The predicted molar refractivity (Wildman–Crippen MR) is 67.3 cm³/mol. The molecule has 0 aliphatic heterocycles. The van der Waals surface area contributed by atoms with Crippen molar-refractivity contribution in [3.8, 4) is 0 Å². The molecule has 0 radical (unpaired) electrons. The van der Waals surface area contributed by atoms with Crippen LogP contribution in [0, 0.1) is 11.8 Å². The highest BCUT2D eigenvalue weighted by Gasteiger charge is 2.17. The second-order valence-electron chi connectivity index (χ2n) is 4.55. The molecule has 0 saturated carbocycles. The molecule has 0 aromatic rings. The molecule has 16 heavy (non-hydrogen) atoms. The lowest BCUT2D eigenvalue weighted by atomic mass is 9.96. The first-order chi connectivity index (χ1) is 7.65. The molecule has 0 aromatic carbocycles. The standard InChI is InChI=1S/C11H18O.C3H6O/c1-9(2)11-6-5-10(8-11)4-3-7-12;1-2-3-4/h7-9,11H,3-6H2,1-2H3;3H,2H2,1H3. The maximum atomic E-state index is 10.1. The van der Waals surface area contributed by atoms with E-state index in [0.29, 0.717) is 12.8 Å². The fourth-order valence-electron chi connectivity index (χ4n) is 1.80. The predicted octanol–water partition coefficient (Wildman–Crippen LogP) is 3.55. The molecule has 2 nitrogen and oxygen atoms in total. The van der Waals surface area contributed by atoms with Crippen LogP contribution in [0.4, 0.5) is 0 Å². The van der Waals surface area contributed by atoms with Crippen molar-refractivity contribution in [3.05, 3.63) is 11.6 Å². The lowest BCUT2D eigenvalue weighted by Gasteiger charge is -2.09. The molecule has 0 aromatic heterocycles. The van der Waals surface area contributed by atoms with Crippen LogP contribution in [0.15, 0.2) is 11.6 Å². The summed E-state index contributed by atoms with van der Waals surface area (Å²) in [4.78, 5) is 19.3. The van der Waals surface area contributed by atoms with Gasteiger partial charge in [0.1, 0.15) is 12.6 Å². The molecule has 0 fully saturated rings. The zero-order chi connectivity index (χ0) is 12.4. The molecule has 92 valence electrons. The van der Waals surface area contributed by atoms with E-state index in [2.05, 4.69) is 19.9 Å². The number of carbonyl (C=O) groups is 2. The Balaban J connectivity index is 0.000000487. The van der Waals surface area contributed by atoms with Gasteiger partial charge in [0.25, 0.3) is 0 Å². The van der Waals surface area contributed by atoms with Crippen LogP contribution in [0.25, 0.3) is 0 Å². The highest BCUT2D eigenvalue weighted by molar-refractivity contribution is 5.50. The Morgan fingerprint density at radius 1 is 1.38 bits per heavy atom. The molecule has 0 bridgehead atoms. The number of hydrogen-bond acceptors (Lipinski definition) is 2. The molecular weight excluding hydrogens is 200 g/mol. The van der Waals surface area contributed by atoms with Gasteiger partial charge in [-0.25, -0.2) is 0 Å². The molecule has 2 heteroatoms. The Morgan fingerprint density at radius 2 is 2.00 bits per heavy atom. The van der Waals surface area contributed by atoms with Gasteiger partial charge in [-0.3, -0.25) is 0 Å². The zero-order valence-corrected chi connectivity index (χ0v) is 10.7. The van der Waals surface area contributed by atoms with Gasteiger partial charge < -0.3 is 9.59 Å². The van der Waals surface area contributed by atoms with Gasteiger partial charge in [-0.2, -0.15) is 0 Å². The van der Waals surface area contributed by atoms with Gasteiger partial charge in [0.2, 0.25) is 0 Å². The average Bonchev–Trinajstić information content (AvgIpc) is 2.75. The van der Waals surface area contributed by atoms with Gasteiger partial charge >= 0.3 is 0 Å². The first-order valence-corrected chi connectivity index (χ1v) is 6.22. The van der Waals surface area contributed by atoms with Crippen molar-refractivity contribution in [3.63, 3.8) is 0 Å². The Bertz CT molecular complexity index is 229. The first kappa shape index (κ1) is 15.1. The SMILES string of the molecule is CC(C)C1C=C(CCC=O)CC1.CCC=O. The van der Waals surface area contributed by atoms with Crippen molar-refractivity contribution in [2.45, 2.75) is 52.9 Å². The van der Waals surface area contributed by atoms with E-state index in [0.717, 1.165) is 30.8 Å². The second-order valence-corrected chi connectivity index (χ2v) is 4.55. The maximum Gasteiger partial charge on any atom is 0.120 e. The van der Waals surface area contributed by atoms with Crippen LogP contribution in [0.5, 0.6) is 0 Å². The van der Waals surface area contributed by atoms with E-state index in [1.54, 1.807) is 0 Å². The summed E-state index contributed by atoms with van der Waals surface area (Å²) in [6.45, 7) is 6.35. The van der Waals surface area contributed by atoms with E-state index in [1.165, 1.54) is 18.4 Å². The minimum absolute atomic E-state index is 0.639. The van der Waals surface area contributed by atoms with Gasteiger partial charge in [0, 0.05) is 12.8 Å². The van der Waals surface area contributed by atoms with Crippen LogP contribution in [0.2, 0.25) is 0 Å². The molecule has 0 saturated heterocycles. The molecule has 1 unspecified atom stereocenters. The van der Waals surface area contributed by atoms with Gasteiger partial charge in [-0.05, 0) is 31.1 Å². The molecule has 0 N–H and O–H groups in total. The van der Waals surface area contributed by atoms with E-state index in [9.17, 15) is 9.59 Å². The van der Waals surface area contributed by atoms with E-state index in [1.807, 2.05) is 6.92 Å². The highest BCUT2D eigenvalue weighted by atomic mass is 16.1. The number of aldehydes is 2. The smallest absolute Gasteiger partial charge is 0.120 e. The van der Waals surface area contributed by atoms with E-state index < -0.39 is 0 Å².